The highest BCUT2D eigenvalue weighted by Crippen LogP contribution is 2.25. The number of nitrogens with zero attached hydrogens (tertiary/aromatic N) is 2. The highest BCUT2D eigenvalue weighted by atomic mass is 16.7. The molecule has 0 radical (unpaired) electrons. The molecule has 6 heteroatoms. The van der Waals surface area contributed by atoms with E-state index >= 15 is 0 Å². The van der Waals surface area contributed by atoms with Crippen LogP contribution in [0, 0.1) is 0 Å². The molecule has 26 heavy (non-hydrogen) atoms. The molecule has 0 N–H and O–H groups in total. The summed E-state index contributed by atoms with van der Waals surface area (Å²) < 4.78 is 2.09. The van der Waals surface area contributed by atoms with Gasteiger partial charge in [-0.25, -0.2) is 4.79 Å². The van der Waals surface area contributed by atoms with Crippen molar-refractivity contribution in [2.45, 2.75) is 19.9 Å². The number of benzene rings is 2. The van der Waals surface area contributed by atoms with Crippen LogP contribution in [0.2, 0.25) is 0 Å². The summed E-state index contributed by atoms with van der Waals surface area (Å²) in [4.78, 5) is 42.1. The van der Waals surface area contributed by atoms with Crippen molar-refractivity contribution in [1.82, 2.24) is 9.63 Å². The molecule has 0 spiro atoms. The molecule has 2 amide bonds. The predicted molar refractivity (Wildman–Crippen MR) is 94.7 cm³/mol. The van der Waals surface area contributed by atoms with Gasteiger partial charge in [-0.05, 0) is 50.2 Å². The van der Waals surface area contributed by atoms with E-state index < -0.39 is 17.8 Å². The topological polar surface area (TPSA) is 68.6 Å². The molecule has 0 unspecified atom stereocenters. The smallest absolute Gasteiger partial charge is 0.345 e. The van der Waals surface area contributed by atoms with Crippen LogP contribution in [0.25, 0.3) is 10.9 Å². The second-order valence-corrected chi connectivity index (χ2v) is 6.42. The van der Waals surface area contributed by atoms with Crippen LogP contribution in [-0.2, 0) is 4.84 Å². The van der Waals surface area contributed by atoms with E-state index in [1.807, 2.05) is 18.3 Å². The Balaban J connectivity index is 1.60. The summed E-state index contributed by atoms with van der Waals surface area (Å²) in [6.07, 6.45) is 1.95. The van der Waals surface area contributed by atoms with Crippen molar-refractivity contribution in [3.63, 3.8) is 0 Å². The Hall–Kier alpha value is -3.41. The molecule has 1 aromatic heterocycles. The summed E-state index contributed by atoms with van der Waals surface area (Å²) in [5.74, 6) is -2.02. The predicted octanol–water partition coefficient (Wildman–Crippen LogP) is 3.59. The van der Waals surface area contributed by atoms with Gasteiger partial charge >= 0.3 is 5.97 Å². The SMILES string of the molecule is CC(C)n1ccc2cc(C(=O)ON3C(=O)c4ccccc4C3=O)ccc21. The van der Waals surface area contributed by atoms with Crippen molar-refractivity contribution in [3.8, 4) is 0 Å². The number of hydrogen-bond donors (Lipinski definition) is 0. The highest BCUT2D eigenvalue weighted by Gasteiger charge is 2.38. The van der Waals surface area contributed by atoms with Gasteiger partial charge in [0.2, 0.25) is 0 Å². The molecule has 130 valence electrons. The molecule has 0 saturated heterocycles. The third kappa shape index (κ3) is 2.38. The van der Waals surface area contributed by atoms with Gasteiger partial charge < -0.3 is 9.40 Å². The first-order chi connectivity index (χ1) is 12.5. The van der Waals surface area contributed by atoms with Gasteiger partial charge in [0.1, 0.15) is 0 Å². The number of carbonyl (C=O) groups excluding carboxylic acids is 3. The first-order valence-electron chi connectivity index (χ1n) is 8.28. The summed E-state index contributed by atoms with van der Waals surface area (Å²) in [6, 6.07) is 13.7. The minimum atomic E-state index is -0.751. The van der Waals surface area contributed by atoms with E-state index in [0.29, 0.717) is 11.1 Å². The number of rotatable bonds is 3. The highest BCUT2D eigenvalue weighted by molar-refractivity contribution is 6.21. The van der Waals surface area contributed by atoms with Crippen LogP contribution in [0.4, 0.5) is 0 Å². The van der Waals surface area contributed by atoms with Crippen molar-refractivity contribution in [1.29, 1.82) is 0 Å². The Morgan fingerprint density at radius 1 is 0.962 bits per heavy atom. The van der Waals surface area contributed by atoms with E-state index in [2.05, 4.69) is 18.4 Å². The minimum Gasteiger partial charge on any atom is -0.345 e. The van der Waals surface area contributed by atoms with E-state index in [1.54, 1.807) is 24.3 Å². The molecule has 2 heterocycles. The number of carbonyl (C=O) groups is 3. The van der Waals surface area contributed by atoms with Crippen molar-refractivity contribution in [2.24, 2.45) is 0 Å². The van der Waals surface area contributed by atoms with Gasteiger partial charge in [0.25, 0.3) is 11.8 Å². The Morgan fingerprint density at radius 2 is 1.62 bits per heavy atom. The standard InChI is InChI=1S/C20H16N2O4/c1-12(2)21-10-9-13-11-14(7-8-17(13)21)20(25)26-22-18(23)15-5-3-4-6-16(15)19(22)24/h3-12H,1-2H3. The maximum absolute atomic E-state index is 12.5. The van der Waals surface area contributed by atoms with Gasteiger partial charge in [0.05, 0.1) is 16.7 Å². The maximum Gasteiger partial charge on any atom is 0.363 e. The zero-order valence-electron chi connectivity index (χ0n) is 14.3. The van der Waals surface area contributed by atoms with Crippen LogP contribution < -0.4 is 0 Å². The monoisotopic (exact) mass is 348 g/mol. The van der Waals surface area contributed by atoms with Crippen LogP contribution >= 0.6 is 0 Å². The van der Waals surface area contributed by atoms with Crippen LogP contribution in [0.1, 0.15) is 51.0 Å². The Morgan fingerprint density at radius 3 is 2.23 bits per heavy atom. The summed E-state index contributed by atoms with van der Waals surface area (Å²) in [5.41, 5.74) is 1.73. The number of imide groups is 1. The van der Waals surface area contributed by atoms with E-state index in [9.17, 15) is 14.4 Å². The average molecular weight is 348 g/mol. The number of fused-ring (bicyclic) bond motifs is 2. The third-order valence-electron chi connectivity index (χ3n) is 4.44. The fourth-order valence-corrected chi connectivity index (χ4v) is 3.13. The van der Waals surface area contributed by atoms with Gasteiger partial charge in [-0.2, -0.15) is 0 Å². The lowest BCUT2D eigenvalue weighted by atomic mass is 10.1. The fourth-order valence-electron chi connectivity index (χ4n) is 3.13. The van der Waals surface area contributed by atoms with Crippen LogP contribution in [-0.4, -0.2) is 27.4 Å². The zero-order valence-corrected chi connectivity index (χ0v) is 14.3. The number of aromatic nitrogens is 1. The largest absolute Gasteiger partial charge is 0.363 e. The van der Waals surface area contributed by atoms with Crippen LogP contribution in [0.15, 0.2) is 54.7 Å². The molecule has 0 atom stereocenters. The lowest BCUT2D eigenvalue weighted by molar-refractivity contribution is -0.0584. The molecule has 0 bridgehead atoms. The number of hydroxylamine groups is 2. The van der Waals surface area contributed by atoms with Gasteiger partial charge in [0.15, 0.2) is 0 Å². The van der Waals surface area contributed by atoms with Crippen LogP contribution in [0.5, 0.6) is 0 Å². The third-order valence-corrected chi connectivity index (χ3v) is 4.44. The normalized spacial score (nSPS) is 13.6. The van der Waals surface area contributed by atoms with Gasteiger partial charge in [0, 0.05) is 23.1 Å². The molecule has 0 fully saturated rings. The molecule has 2 aromatic carbocycles. The molecular weight excluding hydrogens is 332 g/mol. The molecule has 1 aliphatic heterocycles. The molecule has 1 aliphatic rings. The first kappa shape index (κ1) is 16.1. The lowest BCUT2D eigenvalue weighted by Crippen LogP contribution is -2.32. The molecular formula is C20H16N2O4. The van der Waals surface area contributed by atoms with E-state index in [0.717, 1.165) is 10.9 Å². The zero-order chi connectivity index (χ0) is 18.4. The van der Waals surface area contributed by atoms with Crippen molar-refractivity contribution in [2.75, 3.05) is 0 Å². The Bertz CT molecular complexity index is 1030. The summed E-state index contributed by atoms with van der Waals surface area (Å²) in [7, 11) is 0. The quantitative estimate of drug-likeness (QED) is 0.678. The number of amides is 2. The second kappa shape index (κ2) is 5.84. The van der Waals surface area contributed by atoms with Crippen molar-refractivity contribution in [3.05, 3.63) is 71.4 Å². The van der Waals surface area contributed by atoms with Crippen LogP contribution in [0.3, 0.4) is 0 Å². The first-order valence-corrected chi connectivity index (χ1v) is 8.28. The summed E-state index contributed by atoms with van der Waals surface area (Å²) in [5, 5.41) is 1.41. The van der Waals surface area contributed by atoms with Crippen molar-refractivity contribution < 1.29 is 19.2 Å². The minimum absolute atomic E-state index is 0.231. The van der Waals surface area contributed by atoms with E-state index in [4.69, 9.17) is 4.84 Å². The molecule has 0 aliphatic carbocycles. The molecule has 3 aromatic rings. The van der Waals surface area contributed by atoms with E-state index in [1.165, 1.54) is 12.1 Å². The van der Waals surface area contributed by atoms with E-state index in [-0.39, 0.29) is 16.7 Å². The molecule has 0 saturated carbocycles. The Kier molecular flexibility index (Phi) is 3.61. The Labute approximate surface area is 149 Å². The van der Waals surface area contributed by atoms with Gasteiger partial charge in [-0.1, -0.05) is 17.2 Å². The maximum atomic E-state index is 12.5. The second-order valence-electron chi connectivity index (χ2n) is 6.42. The fraction of sp³-hybridized carbons (Fsp3) is 0.150. The van der Waals surface area contributed by atoms with Gasteiger partial charge in [-0.15, -0.1) is 0 Å². The summed E-state index contributed by atoms with van der Waals surface area (Å²) in [6.45, 7) is 4.15. The lowest BCUT2D eigenvalue weighted by Gasteiger charge is -2.13. The molecule has 6 nitrogen and oxygen atoms in total. The van der Waals surface area contributed by atoms with Gasteiger partial charge in [-0.3, -0.25) is 9.59 Å². The molecule has 4 rings (SSSR count). The van der Waals surface area contributed by atoms with Crippen molar-refractivity contribution >= 4 is 28.7 Å². The average Bonchev–Trinajstić information content (AvgIpc) is 3.17. The number of hydrogen-bond acceptors (Lipinski definition) is 4. The summed E-state index contributed by atoms with van der Waals surface area (Å²) >= 11 is 0.